The van der Waals surface area contributed by atoms with Gasteiger partial charge < -0.3 is 20.2 Å². The summed E-state index contributed by atoms with van der Waals surface area (Å²) in [7, 11) is 0. The fourth-order valence-electron chi connectivity index (χ4n) is 4.48. The number of aromatic hydroxyl groups is 1. The van der Waals surface area contributed by atoms with Crippen LogP contribution in [-0.2, 0) is 6.54 Å². The zero-order valence-electron chi connectivity index (χ0n) is 16.8. The second-order valence-corrected chi connectivity index (χ2v) is 9.26. The first-order chi connectivity index (χ1) is 14.5. The van der Waals surface area contributed by atoms with Crippen LogP contribution in [0.4, 0.5) is 5.88 Å². The quantitative estimate of drug-likeness (QED) is 0.472. The maximum absolute atomic E-state index is 13.4. The predicted octanol–water partition coefficient (Wildman–Crippen LogP) is 3.17. The molecule has 4 N–H and O–H groups in total. The molecule has 4 aromatic rings. The van der Waals surface area contributed by atoms with Crippen LogP contribution in [0, 0.1) is 5.92 Å². The second-order valence-electron chi connectivity index (χ2n) is 8.23. The molecule has 0 amide bonds. The fourth-order valence-corrected chi connectivity index (χ4v) is 5.49. The van der Waals surface area contributed by atoms with Crippen LogP contribution in [0.5, 0.6) is 5.75 Å². The summed E-state index contributed by atoms with van der Waals surface area (Å²) in [6.45, 7) is 4.95. The number of hydrogen-bond donors (Lipinski definition) is 3. The van der Waals surface area contributed by atoms with Gasteiger partial charge in [-0.1, -0.05) is 19.1 Å². The molecular weight excluding hydrogens is 398 g/mol. The Hall–Kier alpha value is -2.90. The molecule has 1 aliphatic rings. The number of piperidine rings is 1. The van der Waals surface area contributed by atoms with Crippen LogP contribution in [0.3, 0.4) is 0 Å². The van der Waals surface area contributed by atoms with Gasteiger partial charge in [-0.15, -0.1) is 11.3 Å². The normalized spacial score (nSPS) is 19.5. The summed E-state index contributed by atoms with van der Waals surface area (Å²) >= 11 is 1.42. The van der Waals surface area contributed by atoms with Crippen LogP contribution in [0.1, 0.15) is 25.3 Å². The Balaban J connectivity index is 1.64. The van der Waals surface area contributed by atoms with E-state index >= 15 is 0 Å². The molecule has 1 aliphatic heterocycles. The molecule has 1 unspecified atom stereocenters. The number of hydrogen-bond acceptors (Lipinski definition) is 6. The Bertz CT molecular complexity index is 1280. The van der Waals surface area contributed by atoms with Crippen molar-refractivity contribution >= 4 is 38.4 Å². The number of phenolic OH excluding ortho intramolecular Hbond substituents is 1. The highest BCUT2D eigenvalue weighted by atomic mass is 32.1. The first-order valence-corrected chi connectivity index (χ1v) is 11.1. The molecule has 30 heavy (non-hydrogen) atoms. The number of phenols is 1. The number of rotatable bonds is 3. The summed E-state index contributed by atoms with van der Waals surface area (Å²) in [5, 5.41) is 11.5. The second kappa shape index (κ2) is 7.41. The molecule has 5 rings (SSSR count). The molecule has 1 fully saturated rings. The van der Waals surface area contributed by atoms with Crippen molar-refractivity contribution in [3.05, 3.63) is 52.2 Å². The maximum atomic E-state index is 13.4. The van der Waals surface area contributed by atoms with Crippen molar-refractivity contribution in [1.29, 1.82) is 0 Å². The molecule has 2 atom stereocenters. The lowest BCUT2D eigenvalue weighted by Gasteiger charge is -2.28. The highest BCUT2D eigenvalue weighted by Crippen LogP contribution is 2.35. The molecule has 2 aromatic heterocycles. The number of quaternary nitrogens is 1. The van der Waals surface area contributed by atoms with Gasteiger partial charge in [-0.05, 0) is 37.1 Å². The standard InChI is InChI=1S/C23H23N3O3S/c1-13-5-4-10-26(11-13)12-15-17(27)9-8-14-20(28)19(22(24)29-21(14)15)23-25-16-6-2-3-7-18(16)30-23/h2-3,6-9,13,27H,4-5,10-12,24H2,1H3/p+1/t13-/m0/s1. The van der Waals surface area contributed by atoms with Crippen LogP contribution in [0.15, 0.2) is 45.6 Å². The van der Waals surface area contributed by atoms with E-state index in [1.165, 1.54) is 22.7 Å². The summed E-state index contributed by atoms with van der Waals surface area (Å²) in [4.78, 5) is 19.3. The SMILES string of the molecule is C[C@H]1CCC[NH+](Cc2c(O)ccc3c(=O)c(-c4nc5ccccc5s4)c(N)oc23)C1. The van der Waals surface area contributed by atoms with Gasteiger partial charge in [-0.25, -0.2) is 4.98 Å². The Kier molecular flexibility index (Phi) is 4.72. The van der Waals surface area contributed by atoms with Crippen molar-refractivity contribution in [2.75, 3.05) is 18.8 Å². The summed E-state index contributed by atoms with van der Waals surface area (Å²) in [6.07, 6.45) is 2.40. The fraction of sp³-hybridized carbons (Fsp3) is 0.304. The van der Waals surface area contributed by atoms with E-state index in [0.29, 0.717) is 39.6 Å². The number of likely N-dealkylation sites (tertiary alicyclic amines) is 1. The molecule has 0 saturated carbocycles. The van der Waals surface area contributed by atoms with Crippen molar-refractivity contribution in [2.45, 2.75) is 26.3 Å². The lowest BCUT2D eigenvalue weighted by Crippen LogP contribution is -3.12. The minimum atomic E-state index is -0.212. The number of nitrogens with one attached hydrogen (secondary N) is 1. The third-order valence-electron chi connectivity index (χ3n) is 5.96. The molecule has 7 heteroatoms. The Morgan fingerprint density at radius 1 is 1.30 bits per heavy atom. The average Bonchev–Trinajstić information content (AvgIpc) is 3.14. The van der Waals surface area contributed by atoms with Gasteiger partial charge >= 0.3 is 0 Å². The molecule has 3 heterocycles. The van der Waals surface area contributed by atoms with Gasteiger partial charge in [0.25, 0.3) is 0 Å². The van der Waals surface area contributed by atoms with Crippen LogP contribution in [0.2, 0.25) is 0 Å². The monoisotopic (exact) mass is 422 g/mol. The van der Waals surface area contributed by atoms with Gasteiger partial charge in [-0.3, -0.25) is 4.79 Å². The van der Waals surface area contributed by atoms with E-state index in [1.54, 1.807) is 12.1 Å². The minimum absolute atomic E-state index is 0.0421. The van der Waals surface area contributed by atoms with Crippen molar-refractivity contribution in [3.63, 3.8) is 0 Å². The van der Waals surface area contributed by atoms with Gasteiger partial charge in [0.15, 0.2) is 5.58 Å². The maximum Gasteiger partial charge on any atom is 0.205 e. The summed E-state index contributed by atoms with van der Waals surface area (Å²) in [5.74, 6) is 0.831. The van der Waals surface area contributed by atoms with Crippen molar-refractivity contribution in [2.24, 2.45) is 5.92 Å². The van der Waals surface area contributed by atoms with Gasteiger partial charge in [0.05, 0.1) is 34.3 Å². The molecule has 0 aliphatic carbocycles. The molecule has 154 valence electrons. The van der Waals surface area contributed by atoms with E-state index in [1.807, 2.05) is 24.3 Å². The number of aromatic nitrogens is 1. The lowest BCUT2D eigenvalue weighted by atomic mass is 9.99. The zero-order chi connectivity index (χ0) is 20.8. The van der Waals surface area contributed by atoms with E-state index in [0.717, 1.165) is 29.7 Å². The highest BCUT2D eigenvalue weighted by molar-refractivity contribution is 7.21. The number of nitrogens with two attached hydrogens (primary N) is 1. The van der Waals surface area contributed by atoms with E-state index < -0.39 is 0 Å². The lowest BCUT2D eigenvalue weighted by molar-refractivity contribution is -0.922. The van der Waals surface area contributed by atoms with Crippen LogP contribution >= 0.6 is 11.3 Å². The molecule has 1 saturated heterocycles. The average molecular weight is 423 g/mol. The Morgan fingerprint density at radius 2 is 2.13 bits per heavy atom. The molecule has 6 nitrogen and oxygen atoms in total. The summed E-state index contributed by atoms with van der Waals surface area (Å²) in [5.41, 5.74) is 8.16. The number of thiazole rings is 1. The highest BCUT2D eigenvalue weighted by Gasteiger charge is 2.25. The number of fused-ring (bicyclic) bond motifs is 2. The molecule has 2 aromatic carbocycles. The zero-order valence-corrected chi connectivity index (χ0v) is 17.6. The Morgan fingerprint density at radius 3 is 2.93 bits per heavy atom. The van der Waals surface area contributed by atoms with Crippen LogP contribution < -0.4 is 16.1 Å². The van der Waals surface area contributed by atoms with Gasteiger partial charge in [-0.2, -0.15) is 0 Å². The number of anilines is 1. The minimum Gasteiger partial charge on any atom is -0.507 e. The third kappa shape index (κ3) is 3.24. The number of nitrogens with zero attached hydrogens (tertiary/aromatic N) is 1. The first-order valence-electron chi connectivity index (χ1n) is 10.3. The van der Waals surface area contributed by atoms with Crippen molar-refractivity contribution in [3.8, 4) is 16.3 Å². The molecule has 0 bridgehead atoms. The van der Waals surface area contributed by atoms with Gasteiger partial charge in [0, 0.05) is 5.92 Å². The number of benzene rings is 2. The van der Waals surface area contributed by atoms with Crippen molar-refractivity contribution < 1.29 is 14.4 Å². The summed E-state index contributed by atoms with van der Waals surface area (Å²) < 4.78 is 6.96. The van der Waals surface area contributed by atoms with E-state index in [4.69, 9.17) is 10.2 Å². The number of nitrogen functional groups attached to an aromatic ring is 1. The van der Waals surface area contributed by atoms with E-state index in [9.17, 15) is 9.90 Å². The van der Waals surface area contributed by atoms with E-state index in [2.05, 4.69) is 11.9 Å². The Labute approximate surface area is 177 Å². The van der Waals surface area contributed by atoms with Crippen LogP contribution in [-0.4, -0.2) is 23.2 Å². The van der Waals surface area contributed by atoms with Crippen molar-refractivity contribution in [1.82, 2.24) is 4.98 Å². The largest absolute Gasteiger partial charge is 0.507 e. The third-order valence-corrected chi connectivity index (χ3v) is 7.02. The van der Waals surface area contributed by atoms with Gasteiger partial charge in [0.2, 0.25) is 11.3 Å². The smallest absolute Gasteiger partial charge is 0.205 e. The topological polar surface area (TPSA) is 93.8 Å². The molecule has 0 radical (unpaired) electrons. The van der Waals surface area contributed by atoms with Gasteiger partial charge in [0.1, 0.15) is 22.9 Å². The predicted molar refractivity (Wildman–Crippen MR) is 120 cm³/mol. The number of para-hydroxylation sites is 1. The molecular formula is C23H24N3O3S+. The van der Waals surface area contributed by atoms with E-state index in [-0.39, 0.29) is 17.1 Å². The van der Waals surface area contributed by atoms with Crippen LogP contribution in [0.25, 0.3) is 31.8 Å². The molecule has 0 spiro atoms. The first kappa shape index (κ1) is 19.1. The summed E-state index contributed by atoms with van der Waals surface area (Å²) in [6, 6.07) is 10.9.